The summed E-state index contributed by atoms with van der Waals surface area (Å²) < 4.78 is 7.59. The van der Waals surface area contributed by atoms with Crippen LogP contribution in [0.5, 0.6) is 0 Å². The number of carbonyl (C=O) groups excluding carboxylic acids is 1. The van der Waals surface area contributed by atoms with E-state index in [0.717, 1.165) is 5.69 Å². The first-order chi connectivity index (χ1) is 9.77. The number of amides is 1. The lowest BCUT2D eigenvalue weighted by Crippen LogP contribution is -2.44. The van der Waals surface area contributed by atoms with Crippen molar-refractivity contribution in [3.63, 3.8) is 0 Å². The second-order valence-electron chi connectivity index (χ2n) is 4.87. The highest BCUT2D eigenvalue weighted by Crippen LogP contribution is 2.25. The molecule has 1 aliphatic rings. The minimum atomic E-state index is -0.0376. The van der Waals surface area contributed by atoms with Gasteiger partial charge in [0.25, 0.3) is 5.91 Å². The number of hydrogen-bond acceptors (Lipinski definition) is 3. The van der Waals surface area contributed by atoms with E-state index in [9.17, 15) is 4.79 Å². The average Bonchev–Trinajstić information content (AvgIpc) is 2.93. The molecule has 0 N–H and O–H groups in total. The molecule has 3 rings (SSSR count). The molecule has 1 amide bonds. The number of nitrogens with zero attached hydrogens (tertiary/aromatic N) is 3. The number of aryl methyl sites for hydroxylation is 1. The molecule has 0 saturated carbocycles. The third kappa shape index (κ3) is 2.32. The molecule has 0 aromatic carbocycles. The zero-order chi connectivity index (χ0) is 13.9. The van der Waals surface area contributed by atoms with Crippen molar-refractivity contribution in [1.82, 2.24) is 14.5 Å². The smallest absolute Gasteiger partial charge is 0.254 e. The first-order valence-corrected chi connectivity index (χ1v) is 6.67. The molecule has 104 valence electrons. The van der Waals surface area contributed by atoms with Gasteiger partial charge in [-0.15, -0.1) is 0 Å². The van der Waals surface area contributed by atoms with E-state index in [-0.39, 0.29) is 11.9 Å². The van der Waals surface area contributed by atoms with E-state index in [1.54, 1.807) is 24.5 Å². The number of hydrogen-bond donors (Lipinski definition) is 0. The quantitative estimate of drug-likeness (QED) is 0.834. The highest BCUT2D eigenvalue weighted by Gasteiger charge is 2.30. The van der Waals surface area contributed by atoms with E-state index in [1.165, 1.54) is 0 Å². The summed E-state index contributed by atoms with van der Waals surface area (Å²) in [6.45, 7) is 1.73. The minimum Gasteiger partial charge on any atom is -0.377 e. The van der Waals surface area contributed by atoms with Gasteiger partial charge in [0.2, 0.25) is 0 Å². The summed E-state index contributed by atoms with van der Waals surface area (Å²) in [6.07, 6.45) is 5.27. The van der Waals surface area contributed by atoms with Crippen LogP contribution >= 0.6 is 0 Å². The lowest BCUT2D eigenvalue weighted by molar-refractivity contribution is -0.00463. The molecule has 1 saturated heterocycles. The fourth-order valence-corrected chi connectivity index (χ4v) is 2.57. The third-order valence-electron chi connectivity index (χ3n) is 3.64. The summed E-state index contributed by atoms with van der Waals surface area (Å²) in [7, 11) is 1.99. The zero-order valence-electron chi connectivity index (χ0n) is 11.4. The van der Waals surface area contributed by atoms with Crippen LogP contribution in [0.2, 0.25) is 0 Å². The highest BCUT2D eigenvalue weighted by molar-refractivity contribution is 5.94. The van der Waals surface area contributed by atoms with Gasteiger partial charge in [0, 0.05) is 43.4 Å². The van der Waals surface area contributed by atoms with Crippen molar-refractivity contribution in [3.05, 3.63) is 54.1 Å². The lowest BCUT2D eigenvalue weighted by atomic mass is 10.1. The summed E-state index contributed by atoms with van der Waals surface area (Å²) >= 11 is 0. The summed E-state index contributed by atoms with van der Waals surface area (Å²) in [4.78, 5) is 18.5. The Morgan fingerprint density at radius 3 is 2.85 bits per heavy atom. The van der Waals surface area contributed by atoms with Crippen LogP contribution in [0, 0.1) is 0 Å². The molecule has 1 fully saturated rings. The van der Waals surface area contributed by atoms with Crippen LogP contribution in [0.25, 0.3) is 0 Å². The van der Waals surface area contributed by atoms with Crippen molar-refractivity contribution < 1.29 is 9.53 Å². The van der Waals surface area contributed by atoms with E-state index < -0.39 is 0 Å². The van der Waals surface area contributed by atoms with Crippen LogP contribution in [0.3, 0.4) is 0 Å². The van der Waals surface area contributed by atoms with Crippen LogP contribution in [-0.2, 0) is 11.8 Å². The molecule has 0 bridgehead atoms. The molecule has 2 aromatic rings. The zero-order valence-corrected chi connectivity index (χ0v) is 11.4. The molecular formula is C15H17N3O2. The maximum atomic E-state index is 12.6. The van der Waals surface area contributed by atoms with Crippen molar-refractivity contribution in [1.29, 1.82) is 0 Å². The Morgan fingerprint density at radius 1 is 1.35 bits per heavy atom. The minimum absolute atomic E-state index is 0.0295. The Hall–Kier alpha value is -2.14. The molecule has 20 heavy (non-hydrogen) atoms. The molecule has 5 heteroatoms. The Kier molecular flexibility index (Phi) is 3.52. The summed E-state index contributed by atoms with van der Waals surface area (Å²) in [5.41, 5.74) is 1.76. The predicted octanol–water partition coefficient (Wildman–Crippen LogP) is 1.63. The van der Waals surface area contributed by atoms with Crippen molar-refractivity contribution in [3.8, 4) is 0 Å². The monoisotopic (exact) mass is 271 g/mol. The molecule has 5 nitrogen and oxygen atoms in total. The Labute approximate surface area is 117 Å². The van der Waals surface area contributed by atoms with Crippen LogP contribution in [0.15, 0.2) is 42.9 Å². The molecule has 3 heterocycles. The summed E-state index contributed by atoms with van der Waals surface area (Å²) in [6, 6.07) is 7.48. The molecule has 2 aromatic heterocycles. The van der Waals surface area contributed by atoms with Crippen LogP contribution in [0.4, 0.5) is 0 Å². The number of carbonyl (C=O) groups is 1. The number of ether oxygens (including phenoxy) is 1. The summed E-state index contributed by atoms with van der Waals surface area (Å²) in [5, 5.41) is 0. The van der Waals surface area contributed by atoms with Gasteiger partial charge in [-0.3, -0.25) is 9.78 Å². The molecule has 0 radical (unpaired) electrons. The van der Waals surface area contributed by atoms with E-state index in [1.807, 2.05) is 34.8 Å². The maximum absolute atomic E-state index is 12.6. The lowest BCUT2D eigenvalue weighted by Gasteiger charge is -2.36. The number of pyridine rings is 1. The second-order valence-corrected chi connectivity index (χ2v) is 4.87. The molecule has 0 unspecified atom stereocenters. The van der Waals surface area contributed by atoms with Crippen LogP contribution in [0.1, 0.15) is 22.1 Å². The number of morpholine rings is 1. The first kappa shape index (κ1) is 12.9. The van der Waals surface area contributed by atoms with Gasteiger partial charge in [0.05, 0.1) is 19.3 Å². The van der Waals surface area contributed by atoms with E-state index >= 15 is 0 Å². The molecule has 1 aliphatic heterocycles. The van der Waals surface area contributed by atoms with Gasteiger partial charge < -0.3 is 14.2 Å². The molecule has 0 aliphatic carbocycles. The maximum Gasteiger partial charge on any atom is 0.254 e. The van der Waals surface area contributed by atoms with E-state index in [2.05, 4.69) is 4.98 Å². The van der Waals surface area contributed by atoms with Crippen molar-refractivity contribution >= 4 is 5.91 Å². The largest absolute Gasteiger partial charge is 0.377 e. The van der Waals surface area contributed by atoms with Gasteiger partial charge in [-0.05, 0) is 24.3 Å². The van der Waals surface area contributed by atoms with Crippen LogP contribution < -0.4 is 0 Å². The fourth-order valence-electron chi connectivity index (χ4n) is 2.57. The van der Waals surface area contributed by atoms with Crippen LogP contribution in [-0.4, -0.2) is 40.1 Å². The third-order valence-corrected chi connectivity index (χ3v) is 3.64. The summed E-state index contributed by atoms with van der Waals surface area (Å²) in [5.74, 6) is 0.0295. The fraction of sp³-hybridized carbons (Fsp3) is 0.333. The van der Waals surface area contributed by atoms with E-state index in [0.29, 0.717) is 25.3 Å². The van der Waals surface area contributed by atoms with Gasteiger partial charge in [0.15, 0.2) is 0 Å². The molecular weight excluding hydrogens is 254 g/mol. The predicted molar refractivity (Wildman–Crippen MR) is 74.2 cm³/mol. The Bertz CT molecular complexity index is 594. The SMILES string of the molecule is Cn1cccc1[C@@H]1COCCN1C(=O)c1ccncc1. The van der Waals surface area contributed by atoms with Gasteiger partial charge in [-0.25, -0.2) is 0 Å². The second kappa shape index (κ2) is 5.46. The van der Waals surface area contributed by atoms with Crippen molar-refractivity contribution in [2.24, 2.45) is 7.05 Å². The topological polar surface area (TPSA) is 47.4 Å². The van der Waals surface area contributed by atoms with Gasteiger partial charge >= 0.3 is 0 Å². The first-order valence-electron chi connectivity index (χ1n) is 6.67. The van der Waals surface area contributed by atoms with Gasteiger partial charge in [0.1, 0.15) is 0 Å². The van der Waals surface area contributed by atoms with Gasteiger partial charge in [-0.1, -0.05) is 0 Å². The molecule has 1 atom stereocenters. The van der Waals surface area contributed by atoms with Crippen molar-refractivity contribution in [2.75, 3.05) is 19.8 Å². The molecule has 0 spiro atoms. The normalized spacial score (nSPS) is 19.1. The van der Waals surface area contributed by atoms with E-state index in [4.69, 9.17) is 4.74 Å². The Balaban J connectivity index is 1.90. The van der Waals surface area contributed by atoms with Gasteiger partial charge in [-0.2, -0.15) is 0 Å². The number of aromatic nitrogens is 2. The number of rotatable bonds is 2. The standard InChI is InChI=1S/C15H17N3O2/c1-17-8-2-3-13(17)14-11-20-10-9-18(14)15(19)12-4-6-16-7-5-12/h2-8,14H,9-11H2,1H3/t14-/m0/s1. The highest BCUT2D eigenvalue weighted by atomic mass is 16.5. The van der Waals surface area contributed by atoms with Crippen molar-refractivity contribution in [2.45, 2.75) is 6.04 Å². The Morgan fingerprint density at radius 2 is 2.15 bits per heavy atom. The average molecular weight is 271 g/mol.